The number of aromatic nitrogens is 3. The summed E-state index contributed by atoms with van der Waals surface area (Å²) in [6, 6.07) is 9.57. The number of fused-ring (bicyclic) bond motifs is 1. The third-order valence-corrected chi connectivity index (χ3v) is 4.01. The van der Waals surface area contributed by atoms with Crippen molar-refractivity contribution in [1.82, 2.24) is 20.1 Å². The van der Waals surface area contributed by atoms with Crippen molar-refractivity contribution in [3.05, 3.63) is 47.5 Å². The van der Waals surface area contributed by atoms with Gasteiger partial charge in [-0.3, -0.25) is 0 Å². The van der Waals surface area contributed by atoms with Crippen molar-refractivity contribution in [2.45, 2.75) is 51.7 Å². The van der Waals surface area contributed by atoms with E-state index in [1.165, 1.54) is 30.4 Å². The lowest BCUT2D eigenvalue weighted by atomic mass is 9.88. The van der Waals surface area contributed by atoms with Crippen molar-refractivity contribution < 1.29 is 0 Å². The number of nitrogens with zero attached hydrogens (tertiary/aromatic N) is 3. The van der Waals surface area contributed by atoms with Gasteiger partial charge >= 0.3 is 0 Å². The van der Waals surface area contributed by atoms with Crippen molar-refractivity contribution in [3.63, 3.8) is 0 Å². The summed E-state index contributed by atoms with van der Waals surface area (Å²) < 4.78 is 1.99. The first-order valence-electron chi connectivity index (χ1n) is 7.45. The molecule has 0 fully saturated rings. The average molecular weight is 270 g/mol. The maximum Gasteiger partial charge on any atom is 0.141 e. The van der Waals surface area contributed by atoms with Crippen molar-refractivity contribution >= 4 is 0 Å². The van der Waals surface area contributed by atoms with Crippen molar-refractivity contribution in [2.24, 2.45) is 0 Å². The van der Waals surface area contributed by atoms with E-state index < -0.39 is 0 Å². The number of hydrogen-bond acceptors (Lipinski definition) is 3. The molecule has 20 heavy (non-hydrogen) atoms. The van der Waals surface area contributed by atoms with Gasteiger partial charge in [-0.25, -0.2) is 9.67 Å². The molecule has 1 aliphatic carbocycles. The molecule has 4 heteroatoms. The number of benzene rings is 1. The Bertz CT molecular complexity index is 573. The highest BCUT2D eigenvalue weighted by Gasteiger charge is 2.19. The Kier molecular flexibility index (Phi) is 3.83. The highest BCUT2D eigenvalue weighted by atomic mass is 15.4. The summed E-state index contributed by atoms with van der Waals surface area (Å²) >= 11 is 0. The molecular weight excluding hydrogens is 248 g/mol. The first kappa shape index (κ1) is 13.3. The van der Waals surface area contributed by atoms with E-state index >= 15 is 0 Å². The van der Waals surface area contributed by atoms with Gasteiger partial charge in [-0.15, -0.1) is 0 Å². The third kappa shape index (κ3) is 2.61. The van der Waals surface area contributed by atoms with E-state index in [-0.39, 0.29) is 0 Å². The molecule has 1 heterocycles. The second kappa shape index (κ2) is 5.75. The number of rotatable bonds is 4. The summed E-state index contributed by atoms with van der Waals surface area (Å²) in [6.07, 6.45) is 5.31. The number of nitrogens with one attached hydrogen (secondary N) is 1. The predicted octanol–water partition coefficient (Wildman–Crippen LogP) is 3.03. The molecule has 1 aromatic heterocycles. The Morgan fingerprint density at radius 3 is 3.05 bits per heavy atom. The summed E-state index contributed by atoms with van der Waals surface area (Å²) in [7, 11) is 0. The molecule has 3 rings (SSSR count). The quantitative estimate of drug-likeness (QED) is 0.928. The molecule has 0 spiro atoms. The lowest BCUT2D eigenvalue weighted by molar-refractivity contribution is 0.429. The van der Waals surface area contributed by atoms with Gasteiger partial charge in [-0.2, -0.15) is 5.10 Å². The van der Waals surface area contributed by atoms with Gasteiger partial charge in [-0.05, 0) is 44.2 Å². The minimum absolute atomic E-state index is 0.355. The van der Waals surface area contributed by atoms with E-state index in [0.29, 0.717) is 12.1 Å². The summed E-state index contributed by atoms with van der Waals surface area (Å²) in [5, 5.41) is 7.94. The van der Waals surface area contributed by atoms with E-state index in [1.54, 1.807) is 6.33 Å². The number of aryl methyl sites for hydroxylation is 1. The van der Waals surface area contributed by atoms with Gasteiger partial charge in [0.1, 0.15) is 12.2 Å². The lowest BCUT2D eigenvalue weighted by Gasteiger charge is -2.26. The Morgan fingerprint density at radius 2 is 2.20 bits per heavy atom. The fraction of sp³-hybridized carbons (Fsp3) is 0.500. The van der Waals surface area contributed by atoms with Crippen LogP contribution in [0.25, 0.3) is 0 Å². The normalized spacial score (nSPS) is 18.2. The van der Waals surface area contributed by atoms with Crippen LogP contribution >= 0.6 is 0 Å². The monoisotopic (exact) mass is 270 g/mol. The van der Waals surface area contributed by atoms with Gasteiger partial charge in [0.2, 0.25) is 0 Å². The molecule has 1 N–H and O–H groups in total. The molecule has 2 aromatic rings. The Labute approximate surface area is 120 Å². The highest BCUT2D eigenvalue weighted by Crippen LogP contribution is 2.29. The van der Waals surface area contributed by atoms with Crippen LogP contribution in [0.1, 0.15) is 55.7 Å². The standard InChI is InChI=1S/C16H22N4/c1-12(2)20-16(18-11-19-20)10-17-15-9-5-7-13-6-3-4-8-14(13)15/h3-4,6,8,11-12,15,17H,5,7,9-10H2,1-2H3. The van der Waals surface area contributed by atoms with Gasteiger partial charge in [0, 0.05) is 12.1 Å². The zero-order chi connectivity index (χ0) is 13.9. The molecule has 4 nitrogen and oxygen atoms in total. The van der Waals surface area contributed by atoms with E-state index in [0.717, 1.165) is 12.4 Å². The summed E-state index contributed by atoms with van der Waals surface area (Å²) in [5.41, 5.74) is 2.94. The van der Waals surface area contributed by atoms with Gasteiger partial charge in [-0.1, -0.05) is 24.3 Å². The molecule has 1 aromatic carbocycles. The second-order valence-corrected chi connectivity index (χ2v) is 5.74. The van der Waals surface area contributed by atoms with Gasteiger partial charge < -0.3 is 5.32 Å². The molecule has 0 saturated carbocycles. The van der Waals surface area contributed by atoms with Crippen LogP contribution in [0.4, 0.5) is 0 Å². The molecule has 0 amide bonds. The molecule has 0 saturated heterocycles. The topological polar surface area (TPSA) is 42.7 Å². The molecular formula is C16H22N4. The van der Waals surface area contributed by atoms with Crippen LogP contribution < -0.4 is 5.32 Å². The molecule has 1 aliphatic rings. The lowest BCUT2D eigenvalue weighted by Crippen LogP contribution is -2.26. The molecule has 1 unspecified atom stereocenters. The van der Waals surface area contributed by atoms with E-state index in [1.807, 2.05) is 4.68 Å². The smallest absolute Gasteiger partial charge is 0.141 e. The van der Waals surface area contributed by atoms with Crippen LogP contribution in [0.15, 0.2) is 30.6 Å². The highest BCUT2D eigenvalue weighted by molar-refractivity contribution is 5.32. The maximum absolute atomic E-state index is 4.37. The van der Waals surface area contributed by atoms with Crippen LogP contribution in [0.3, 0.4) is 0 Å². The minimum Gasteiger partial charge on any atom is -0.303 e. The largest absolute Gasteiger partial charge is 0.303 e. The first-order valence-corrected chi connectivity index (χ1v) is 7.45. The van der Waals surface area contributed by atoms with Crippen molar-refractivity contribution in [3.8, 4) is 0 Å². The van der Waals surface area contributed by atoms with Gasteiger partial charge in [0.15, 0.2) is 0 Å². The average Bonchev–Trinajstić information content (AvgIpc) is 2.93. The van der Waals surface area contributed by atoms with Gasteiger partial charge in [0.05, 0.1) is 6.54 Å². The van der Waals surface area contributed by atoms with Crippen molar-refractivity contribution in [1.29, 1.82) is 0 Å². The summed E-state index contributed by atoms with van der Waals surface area (Å²) in [4.78, 5) is 4.37. The Morgan fingerprint density at radius 1 is 1.35 bits per heavy atom. The molecule has 1 atom stereocenters. The summed E-state index contributed by atoms with van der Waals surface area (Å²) in [5.74, 6) is 1.02. The van der Waals surface area contributed by atoms with Crippen LogP contribution in [0.5, 0.6) is 0 Å². The fourth-order valence-electron chi connectivity index (χ4n) is 3.01. The predicted molar refractivity (Wildman–Crippen MR) is 79.4 cm³/mol. The van der Waals surface area contributed by atoms with Crippen LogP contribution in [0.2, 0.25) is 0 Å². The summed E-state index contributed by atoms with van der Waals surface area (Å²) in [6.45, 7) is 5.04. The maximum atomic E-state index is 4.37. The molecule has 0 radical (unpaired) electrons. The fourth-order valence-corrected chi connectivity index (χ4v) is 3.01. The van der Waals surface area contributed by atoms with Crippen LogP contribution in [0, 0.1) is 0 Å². The Balaban J connectivity index is 1.72. The zero-order valence-electron chi connectivity index (χ0n) is 12.2. The minimum atomic E-state index is 0.355. The third-order valence-electron chi connectivity index (χ3n) is 4.01. The molecule has 106 valence electrons. The number of hydrogen-bond donors (Lipinski definition) is 1. The van der Waals surface area contributed by atoms with E-state index in [9.17, 15) is 0 Å². The van der Waals surface area contributed by atoms with Crippen LogP contribution in [-0.2, 0) is 13.0 Å². The van der Waals surface area contributed by atoms with Gasteiger partial charge in [0.25, 0.3) is 0 Å². The first-order chi connectivity index (χ1) is 9.75. The second-order valence-electron chi connectivity index (χ2n) is 5.74. The van der Waals surface area contributed by atoms with Crippen molar-refractivity contribution in [2.75, 3.05) is 0 Å². The van der Waals surface area contributed by atoms with E-state index in [4.69, 9.17) is 0 Å². The zero-order valence-corrected chi connectivity index (χ0v) is 12.2. The van der Waals surface area contributed by atoms with Crippen LogP contribution in [-0.4, -0.2) is 14.8 Å². The Hall–Kier alpha value is -1.68. The molecule has 0 bridgehead atoms. The SMILES string of the molecule is CC(C)n1ncnc1CNC1CCCc2ccccc21. The van der Waals surface area contributed by atoms with E-state index in [2.05, 4.69) is 53.5 Å². The molecule has 0 aliphatic heterocycles.